The third kappa shape index (κ3) is 1.84. The zero-order valence-electron chi connectivity index (χ0n) is 7.17. The largest absolute Gasteiger partial charge is 0.362 e. The number of thiazole rings is 1. The average Bonchev–Trinajstić information content (AvgIpc) is 2.46. The zero-order valence-corrected chi connectivity index (χ0v) is 9.58. The van der Waals surface area contributed by atoms with Crippen LogP contribution in [0.2, 0.25) is 0 Å². The molecule has 1 N–H and O–H groups in total. The van der Waals surface area contributed by atoms with Gasteiger partial charge in [-0.05, 0) is 25.1 Å². The average molecular weight is 257 g/mol. The van der Waals surface area contributed by atoms with Crippen LogP contribution in [0, 0.1) is 0 Å². The molecule has 0 bridgehead atoms. The minimum atomic E-state index is 0.918. The minimum Gasteiger partial charge on any atom is -0.362 e. The Balaban J connectivity index is 2.49. The van der Waals surface area contributed by atoms with Gasteiger partial charge in [0.2, 0.25) is 0 Å². The van der Waals surface area contributed by atoms with E-state index in [1.165, 1.54) is 4.70 Å². The van der Waals surface area contributed by atoms with Gasteiger partial charge in [-0.2, -0.15) is 0 Å². The Morgan fingerprint density at radius 2 is 2.38 bits per heavy atom. The Labute approximate surface area is 89.1 Å². The predicted octanol–water partition coefficient (Wildman–Crippen LogP) is 3.49. The first-order valence-electron chi connectivity index (χ1n) is 4.09. The fourth-order valence-corrected chi connectivity index (χ4v) is 2.61. The SMILES string of the molecule is CCNc1nc2ccc(Br)cc2s1. The number of fused-ring (bicyclic) bond motifs is 1. The molecule has 0 aliphatic heterocycles. The van der Waals surface area contributed by atoms with Crippen molar-refractivity contribution in [2.45, 2.75) is 6.92 Å². The lowest BCUT2D eigenvalue weighted by atomic mass is 10.3. The second-order valence-corrected chi connectivity index (χ2v) is 4.61. The summed E-state index contributed by atoms with van der Waals surface area (Å²) in [7, 11) is 0. The summed E-state index contributed by atoms with van der Waals surface area (Å²) < 4.78 is 2.32. The first-order chi connectivity index (χ1) is 6.29. The van der Waals surface area contributed by atoms with Gasteiger partial charge >= 0.3 is 0 Å². The highest BCUT2D eigenvalue weighted by molar-refractivity contribution is 9.10. The Kier molecular flexibility index (Phi) is 2.51. The number of nitrogens with one attached hydrogen (secondary N) is 1. The molecule has 68 valence electrons. The number of hydrogen-bond donors (Lipinski definition) is 1. The molecule has 0 aliphatic carbocycles. The van der Waals surface area contributed by atoms with Gasteiger partial charge in [0.05, 0.1) is 10.2 Å². The van der Waals surface area contributed by atoms with E-state index in [1.54, 1.807) is 11.3 Å². The summed E-state index contributed by atoms with van der Waals surface area (Å²) in [5.41, 5.74) is 1.06. The molecule has 0 unspecified atom stereocenters. The number of hydrogen-bond acceptors (Lipinski definition) is 3. The van der Waals surface area contributed by atoms with Crippen LogP contribution in [0.3, 0.4) is 0 Å². The van der Waals surface area contributed by atoms with E-state index in [-0.39, 0.29) is 0 Å². The Morgan fingerprint density at radius 1 is 1.54 bits per heavy atom. The maximum absolute atomic E-state index is 4.43. The van der Waals surface area contributed by atoms with Crippen LogP contribution in [-0.4, -0.2) is 11.5 Å². The quantitative estimate of drug-likeness (QED) is 0.890. The Bertz CT molecular complexity index is 424. The van der Waals surface area contributed by atoms with Gasteiger partial charge < -0.3 is 5.32 Å². The van der Waals surface area contributed by atoms with Crippen molar-refractivity contribution in [1.82, 2.24) is 4.98 Å². The number of halogens is 1. The van der Waals surface area contributed by atoms with Crippen molar-refractivity contribution in [3.8, 4) is 0 Å². The molecule has 2 rings (SSSR count). The van der Waals surface area contributed by atoms with Crippen molar-refractivity contribution in [2.75, 3.05) is 11.9 Å². The monoisotopic (exact) mass is 256 g/mol. The molecule has 0 amide bonds. The summed E-state index contributed by atoms with van der Waals surface area (Å²) >= 11 is 5.12. The lowest BCUT2D eigenvalue weighted by Gasteiger charge is -1.91. The van der Waals surface area contributed by atoms with Gasteiger partial charge in [0.25, 0.3) is 0 Å². The molecule has 4 heteroatoms. The number of aromatic nitrogens is 1. The summed E-state index contributed by atoms with van der Waals surface area (Å²) in [6.07, 6.45) is 0. The maximum Gasteiger partial charge on any atom is 0.183 e. The highest BCUT2D eigenvalue weighted by Gasteiger charge is 2.01. The van der Waals surface area contributed by atoms with Gasteiger partial charge in [-0.1, -0.05) is 27.3 Å². The smallest absolute Gasteiger partial charge is 0.183 e. The molecular formula is C9H9BrN2S. The fourth-order valence-electron chi connectivity index (χ4n) is 1.13. The van der Waals surface area contributed by atoms with Crippen LogP contribution < -0.4 is 5.32 Å². The Morgan fingerprint density at radius 3 is 3.15 bits per heavy atom. The van der Waals surface area contributed by atoms with Crippen LogP contribution >= 0.6 is 27.3 Å². The van der Waals surface area contributed by atoms with E-state index >= 15 is 0 Å². The van der Waals surface area contributed by atoms with E-state index < -0.39 is 0 Å². The van der Waals surface area contributed by atoms with E-state index in [0.29, 0.717) is 0 Å². The van der Waals surface area contributed by atoms with E-state index in [9.17, 15) is 0 Å². The van der Waals surface area contributed by atoms with Crippen molar-refractivity contribution in [1.29, 1.82) is 0 Å². The third-order valence-corrected chi connectivity index (χ3v) is 3.15. The second kappa shape index (κ2) is 3.64. The normalized spacial score (nSPS) is 10.6. The van der Waals surface area contributed by atoms with E-state index in [2.05, 4.69) is 39.2 Å². The Hall–Kier alpha value is -0.610. The first kappa shape index (κ1) is 8.97. The van der Waals surface area contributed by atoms with Crippen LogP contribution in [0.5, 0.6) is 0 Å². The third-order valence-electron chi connectivity index (χ3n) is 1.68. The van der Waals surface area contributed by atoms with Crippen molar-refractivity contribution in [2.24, 2.45) is 0 Å². The number of anilines is 1. The summed E-state index contributed by atoms with van der Waals surface area (Å²) in [6.45, 7) is 2.99. The van der Waals surface area contributed by atoms with Crippen molar-refractivity contribution < 1.29 is 0 Å². The molecule has 1 heterocycles. The second-order valence-electron chi connectivity index (χ2n) is 2.66. The lowest BCUT2D eigenvalue weighted by molar-refractivity contribution is 1.20. The molecule has 0 spiro atoms. The van der Waals surface area contributed by atoms with Crippen LogP contribution in [0.25, 0.3) is 10.2 Å². The molecule has 0 saturated carbocycles. The van der Waals surface area contributed by atoms with E-state index in [4.69, 9.17) is 0 Å². The number of benzene rings is 1. The van der Waals surface area contributed by atoms with Gasteiger partial charge in [-0.3, -0.25) is 0 Å². The summed E-state index contributed by atoms with van der Waals surface area (Å²) in [6, 6.07) is 6.13. The van der Waals surface area contributed by atoms with Crippen molar-refractivity contribution >= 4 is 42.6 Å². The van der Waals surface area contributed by atoms with Gasteiger partial charge in [-0.15, -0.1) is 0 Å². The van der Waals surface area contributed by atoms with Crippen LogP contribution in [0.1, 0.15) is 6.92 Å². The van der Waals surface area contributed by atoms with E-state index in [1.807, 2.05) is 12.1 Å². The van der Waals surface area contributed by atoms with Crippen LogP contribution in [0.15, 0.2) is 22.7 Å². The molecule has 0 saturated heterocycles. The zero-order chi connectivity index (χ0) is 9.26. The molecule has 2 nitrogen and oxygen atoms in total. The fraction of sp³-hybridized carbons (Fsp3) is 0.222. The van der Waals surface area contributed by atoms with Gasteiger partial charge in [-0.25, -0.2) is 4.98 Å². The minimum absolute atomic E-state index is 0.918. The van der Waals surface area contributed by atoms with E-state index in [0.717, 1.165) is 21.7 Å². The molecular weight excluding hydrogens is 248 g/mol. The van der Waals surface area contributed by atoms with Gasteiger partial charge in [0.1, 0.15) is 0 Å². The molecule has 0 radical (unpaired) electrons. The molecule has 0 atom stereocenters. The molecule has 0 aliphatic rings. The number of rotatable bonds is 2. The van der Waals surface area contributed by atoms with Crippen LogP contribution in [-0.2, 0) is 0 Å². The van der Waals surface area contributed by atoms with Crippen LogP contribution in [0.4, 0.5) is 5.13 Å². The molecule has 13 heavy (non-hydrogen) atoms. The van der Waals surface area contributed by atoms with Crippen molar-refractivity contribution in [3.05, 3.63) is 22.7 Å². The predicted molar refractivity (Wildman–Crippen MR) is 61.5 cm³/mol. The standard InChI is InChI=1S/C9H9BrN2S/c1-2-11-9-12-7-4-3-6(10)5-8(7)13-9/h3-5H,2H2,1H3,(H,11,12). The topological polar surface area (TPSA) is 24.9 Å². The lowest BCUT2D eigenvalue weighted by Crippen LogP contribution is -1.94. The molecule has 1 aromatic heterocycles. The highest BCUT2D eigenvalue weighted by atomic mass is 79.9. The summed E-state index contributed by atoms with van der Waals surface area (Å²) in [4.78, 5) is 4.43. The summed E-state index contributed by atoms with van der Waals surface area (Å²) in [5.74, 6) is 0. The maximum atomic E-state index is 4.43. The van der Waals surface area contributed by atoms with Gasteiger partial charge in [0, 0.05) is 11.0 Å². The first-order valence-corrected chi connectivity index (χ1v) is 5.70. The molecule has 0 fully saturated rings. The molecule has 2 aromatic rings. The van der Waals surface area contributed by atoms with Crippen molar-refractivity contribution in [3.63, 3.8) is 0 Å². The summed E-state index contributed by atoms with van der Waals surface area (Å²) in [5, 5.41) is 4.20. The molecule has 1 aromatic carbocycles. The number of nitrogens with zero attached hydrogens (tertiary/aromatic N) is 1. The van der Waals surface area contributed by atoms with Gasteiger partial charge in [0.15, 0.2) is 5.13 Å². The highest BCUT2D eigenvalue weighted by Crippen LogP contribution is 2.28.